The van der Waals surface area contributed by atoms with Gasteiger partial charge in [-0.25, -0.2) is 0 Å². The third-order valence-corrected chi connectivity index (χ3v) is 3.00. The van der Waals surface area contributed by atoms with Gasteiger partial charge in [0, 0.05) is 5.92 Å². The van der Waals surface area contributed by atoms with Crippen LogP contribution < -0.4 is 0 Å². The molecule has 3 nitrogen and oxygen atoms in total. The van der Waals surface area contributed by atoms with E-state index in [1.54, 1.807) is 0 Å². The van der Waals surface area contributed by atoms with Crippen molar-refractivity contribution < 1.29 is 14.9 Å². The van der Waals surface area contributed by atoms with Crippen LogP contribution in [0, 0.1) is 5.92 Å². The minimum absolute atomic E-state index is 0.0168. The molecule has 1 rings (SSSR count). The van der Waals surface area contributed by atoms with Crippen LogP contribution in [-0.4, -0.2) is 35.1 Å². The summed E-state index contributed by atoms with van der Waals surface area (Å²) in [6.07, 6.45) is 1.11. The maximum Gasteiger partial charge on any atom is 0.0939 e. The Kier molecular flexibility index (Phi) is 3.09. The predicted molar refractivity (Wildman–Crippen MR) is 45.8 cm³/mol. The van der Waals surface area contributed by atoms with E-state index in [1.165, 1.54) is 0 Å². The lowest BCUT2D eigenvalue weighted by Crippen LogP contribution is -2.41. The molecule has 2 atom stereocenters. The van der Waals surface area contributed by atoms with E-state index in [4.69, 9.17) is 9.84 Å². The first-order chi connectivity index (χ1) is 5.70. The fourth-order valence-electron chi connectivity index (χ4n) is 1.90. The van der Waals surface area contributed by atoms with Crippen LogP contribution in [0.5, 0.6) is 0 Å². The Bertz CT molecular complexity index is 143. The highest BCUT2D eigenvalue weighted by Gasteiger charge is 2.46. The molecule has 0 unspecified atom stereocenters. The van der Waals surface area contributed by atoms with Gasteiger partial charge in [0.15, 0.2) is 0 Å². The summed E-state index contributed by atoms with van der Waals surface area (Å²) < 4.78 is 5.54. The average molecular weight is 174 g/mol. The number of hydrogen-bond donors (Lipinski definition) is 2. The second kappa shape index (κ2) is 3.73. The van der Waals surface area contributed by atoms with Gasteiger partial charge >= 0.3 is 0 Å². The van der Waals surface area contributed by atoms with Crippen molar-refractivity contribution in [2.45, 2.75) is 38.4 Å². The molecule has 1 aliphatic heterocycles. The van der Waals surface area contributed by atoms with Crippen molar-refractivity contribution in [3.8, 4) is 0 Å². The second-order valence-corrected chi connectivity index (χ2v) is 3.47. The zero-order valence-corrected chi connectivity index (χ0v) is 7.79. The number of aliphatic hydroxyl groups is 2. The molecule has 0 radical (unpaired) electrons. The van der Waals surface area contributed by atoms with Gasteiger partial charge in [0.2, 0.25) is 0 Å². The average Bonchev–Trinajstić information content (AvgIpc) is 2.43. The van der Waals surface area contributed by atoms with E-state index in [0.717, 1.165) is 12.8 Å². The Hall–Kier alpha value is -0.120. The molecular formula is C9H18O3. The van der Waals surface area contributed by atoms with Gasteiger partial charge in [-0.05, 0) is 12.8 Å². The van der Waals surface area contributed by atoms with E-state index >= 15 is 0 Å². The molecule has 1 saturated heterocycles. The van der Waals surface area contributed by atoms with Crippen molar-refractivity contribution in [3.05, 3.63) is 0 Å². The summed E-state index contributed by atoms with van der Waals surface area (Å²) in [6.45, 7) is 4.52. The molecule has 0 amide bonds. The molecule has 1 heterocycles. The molecule has 1 aliphatic rings. The fraction of sp³-hybridized carbons (Fsp3) is 1.00. The number of ether oxygens (including phenoxy) is 1. The van der Waals surface area contributed by atoms with E-state index in [9.17, 15) is 5.11 Å². The molecular weight excluding hydrogens is 156 g/mol. The Morgan fingerprint density at radius 2 is 2.00 bits per heavy atom. The fourth-order valence-corrected chi connectivity index (χ4v) is 1.90. The molecule has 0 aromatic rings. The minimum Gasteiger partial charge on any atom is -0.396 e. The first-order valence-corrected chi connectivity index (χ1v) is 4.63. The van der Waals surface area contributed by atoms with E-state index in [-0.39, 0.29) is 12.5 Å². The first-order valence-electron chi connectivity index (χ1n) is 4.63. The molecule has 2 N–H and O–H groups in total. The first kappa shape index (κ1) is 9.96. The summed E-state index contributed by atoms with van der Waals surface area (Å²) in [5, 5.41) is 18.7. The highest BCUT2D eigenvalue weighted by atomic mass is 16.5. The Morgan fingerprint density at radius 3 is 2.25 bits per heavy atom. The Morgan fingerprint density at radius 1 is 1.42 bits per heavy atom. The van der Waals surface area contributed by atoms with Crippen LogP contribution in [-0.2, 0) is 4.74 Å². The van der Waals surface area contributed by atoms with Crippen molar-refractivity contribution in [3.63, 3.8) is 0 Å². The lowest BCUT2D eigenvalue weighted by Gasteiger charge is -2.30. The van der Waals surface area contributed by atoms with Crippen LogP contribution in [0.3, 0.4) is 0 Å². The molecule has 0 aliphatic carbocycles. The molecule has 3 heteroatoms. The van der Waals surface area contributed by atoms with Crippen molar-refractivity contribution in [1.82, 2.24) is 0 Å². The van der Waals surface area contributed by atoms with Gasteiger partial charge in [-0.3, -0.25) is 0 Å². The summed E-state index contributed by atoms with van der Waals surface area (Å²) >= 11 is 0. The highest BCUT2D eigenvalue weighted by molar-refractivity contribution is 4.95. The van der Waals surface area contributed by atoms with Gasteiger partial charge in [-0.2, -0.15) is 0 Å². The molecule has 0 aromatic heterocycles. The van der Waals surface area contributed by atoms with Crippen LogP contribution in [0.15, 0.2) is 0 Å². The van der Waals surface area contributed by atoms with Crippen molar-refractivity contribution in [1.29, 1.82) is 0 Å². The zero-order chi connectivity index (χ0) is 9.19. The van der Waals surface area contributed by atoms with Crippen LogP contribution in [0.25, 0.3) is 0 Å². The normalized spacial score (nSPS) is 34.0. The summed E-state index contributed by atoms with van der Waals surface area (Å²) in [4.78, 5) is 0. The molecule has 72 valence electrons. The quantitative estimate of drug-likeness (QED) is 0.656. The molecule has 12 heavy (non-hydrogen) atoms. The van der Waals surface area contributed by atoms with Gasteiger partial charge in [-0.1, -0.05) is 13.8 Å². The number of aliphatic hydroxyl groups excluding tert-OH is 2. The maximum absolute atomic E-state index is 9.81. The van der Waals surface area contributed by atoms with Gasteiger partial charge in [0.1, 0.15) is 0 Å². The highest BCUT2D eigenvalue weighted by Crippen LogP contribution is 2.35. The molecule has 1 fully saturated rings. The van der Waals surface area contributed by atoms with E-state index in [2.05, 4.69) is 0 Å². The molecule has 0 spiro atoms. The standard InChI is InChI=1S/C9H18O3/c1-3-9(4-2)8(11)7(5-10)6-12-9/h7-8,10-11H,3-6H2,1-2H3/t7-,8+/m1/s1. The van der Waals surface area contributed by atoms with E-state index in [1.807, 2.05) is 13.8 Å². The van der Waals surface area contributed by atoms with Gasteiger partial charge in [0.25, 0.3) is 0 Å². The number of rotatable bonds is 3. The summed E-state index contributed by atoms with van der Waals surface area (Å²) in [7, 11) is 0. The van der Waals surface area contributed by atoms with Gasteiger partial charge in [0.05, 0.1) is 24.9 Å². The third-order valence-electron chi connectivity index (χ3n) is 3.00. The smallest absolute Gasteiger partial charge is 0.0939 e. The number of hydrogen-bond acceptors (Lipinski definition) is 3. The van der Waals surface area contributed by atoms with Crippen LogP contribution >= 0.6 is 0 Å². The summed E-state index contributed by atoms with van der Waals surface area (Å²) in [6, 6.07) is 0. The minimum atomic E-state index is -0.502. The monoisotopic (exact) mass is 174 g/mol. The summed E-state index contributed by atoms with van der Waals surface area (Å²) in [5.74, 6) is -0.0927. The largest absolute Gasteiger partial charge is 0.396 e. The maximum atomic E-state index is 9.81. The Balaban J connectivity index is 2.68. The van der Waals surface area contributed by atoms with Crippen molar-refractivity contribution in [2.75, 3.05) is 13.2 Å². The van der Waals surface area contributed by atoms with Crippen molar-refractivity contribution in [2.24, 2.45) is 5.92 Å². The SMILES string of the molecule is CCC1(CC)OC[C@@H](CO)[C@@H]1O. The summed E-state index contributed by atoms with van der Waals surface area (Å²) in [5.41, 5.74) is -0.395. The molecule has 0 aromatic carbocycles. The zero-order valence-electron chi connectivity index (χ0n) is 7.79. The lowest BCUT2D eigenvalue weighted by molar-refractivity contribution is -0.0658. The van der Waals surface area contributed by atoms with Crippen LogP contribution in [0.4, 0.5) is 0 Å². The topological polar surface area (TPSA) is 49.7 Å². The predicted octanol–water partition coefficient (Wildman–Crippen LogP) is 0.545. The van der Waals surface area contributed by atoms with Gasteiger partial charge in [-0.15, -0.1) is 0 Å². The van der Waals surface area contributed by atoms with E-state index < -0.39 is 11.7 Å². The Labute approximate surface area is 73.4 Å². The van der Waals surface area contributed by atoms with Crippen LogP contribution in [0.2, 0.25) is 0 Å². The van der Waals surface area contributed by atoms with Crippen molar-refractivity contribution >= 4 is 0 Å². The van der Waals surface area contributed by atoms with Gasteiger partial charge < -0.3 is 14.9 Å². The second-order valence-electron chi connectivity index (χ2n) is 3.47. The lowest BCUT2D eigenvalue weighted by atomic mass is 9.86. The third kappa shape index (κ3) is 1.37. The molecule has 0 saturated carbocycles. The van der Waals surface area contributed by atoms with E-state index in [0.29, 0.717) is 6.61 Å². The van der Waals surface area contributed by atoms with Crippen LogP contribution in [0.1, 0.15) is 26.7 Å². The molecule has 0 bridgehead atoms.